The van der Waals surface area contributed by atoms with E-state index in [9.17, 15) is 4.79 Å². The maximum absolute atomic E-state index is 12.3. The third-order valence-electron chi connectivity index (χ3n) is 3.86. The van der Waals surface area contributed by atoms with Crippen molar-refractivity contribution in [3.63, 3.8) is 0 Å². The third kappa shape index (κ3) is 3.95. The first kappa shape index (κ1) is 14.8. The normalized spacial score (nSPS) is 15.8. The van der Waals surface area contributed by atoms with Gasteiger partial charge in [-0.25, -0.2) is 0 Å². The molecule has 4 heteroatoms. The molecule has 1 aromatic heterocycles. The standard InChI is InChI=1S/C16H25N3O/c1-4-7-17-15-8-12(3)18-10-14(15)16(20)19-9-11(2)13-5-6-13/h8,10-11,13H,4-7,9H2,1-3H3,(H,17,18)(H,19,20). The zero-order chi connectivity index (χ0) is 14.5. The fraction of sp³-hybridized carbons (Fsp3) is 0.625. The SMILES string of the molecule is CCCNc1cc(C)ncc1C(=O)NCC(C)C1CC1. The van der Waals surface area contributed by atoms with Crippen LogP contribution in [0.15, 0.2) is 12.3 Å². The van der Waals surface area contributed by atoms with Crippen LogP contribution in [0.25, 0.3) is 0 Å². The minimum atomic E-state index is -0.0244. The Hall–Kier alpha value is -1.58. The molecule has 0 aliphatic heterocycles. The molecular weight excluding hydrogens is 250 g/mol. The molecule has 1 heterocycles. The first-order valence-corrected chi connectivity index (χ1v) is 7.60. The van der Waals surface area contributed by atoms with Gasteiger partial charge in [0.05, 0.1) is 11.3 Å². The van der Waals surface area contributed by atoms with Crippen molar-refractivity contribution in [1.29, 1.82) is 0 Å². The molecule has 1 unspecified atom stereocenters. The first-order valence-electron chi connectivity index (χ1n) is 7.60. The summed E-state index contributed by atoms with van der Waals surface area (Å²) in [7, 11) is 0. The van der Waals surface area contributed by atoms with E-state index in [-0.39, 0.29) is 5.91 Å². The van der Waals surface area contributed by atoms with E-state index >= 15 is 0 Å². The second kappa shape index (κ2) is 6.73. The Balaban J connectivity index is 1.99. The fourth-order valence-corrected chi connectivity index (χ4v) is 2.33. The molecule has 1 aromatic rings. The van der Waals surface area contributed by atoms with Crippen LogP contribution in [0, 0.1) is 18.8 Å². The molecule has 20 heavy (non-hydrogen) atoms. The van der Waals surface area contributed by atoms with Crippen molar-refractivity contribution < 1.29 is 4.79 Å². The summed E-state index contributed by atoms with van der Waals surface area (Å²) >= 11 is 0. The minimum Gasteiger partial charge on any atom is -0.384 e. The maximum atomic E-state index is 12.3. The number of rotatable bonds is 7. The number of carbonyl (C=O) groups is 1. The largest absolute Gasteiger partial charge is 0.384 e. The van der Waals surface area contributed by atoms with Gasteiger partial charge in [-0.2, -0.15) is 0 Å². The quantitative estimate of drug-likeness (QED) is 0.804. The van der Waals surface area contributed by atoms with Gasteiger partial charge in [-0.1, -0.05) is 13.8 Å². The van der Waals surface area contributed by atoms with E-state index in [2.05, 4.69) is 29.5 Å². The van der Waals surface area contributed by atoms with E-state index in [1.807, 2.05) is 13.0 Å². The number of pyridine rings is 1. The van der Waals surface area contributed by atoms with Crippen LogP contribution in [0.2, 0.25) is 0 Å². The average Bonchev–Trinajstić information content (AvgIpc) is 3.26. The van der Waals surface area contributed by atoms with Gasteiger partial charge in [-0.3, -0.25) is 9.78 Å². The van der Waals surface area contributed by atoms with E-state index in [4.69, 9.17) is 0 Å². The van der Waals surface area contributed by atoms with Crippen molar-refractivity contribution in [3.05, 3.63) is 23.5 Å². The lowest BCUT2D eigenvalue weighted by Crippen LogP contribution is -2.29. The molecule has 1 atom stereocenters. The van der Waals surface area contributed by atoms with Crippen molar-refractivity contribution in [2.45, 2.75) is 40.0 Å². The van der Waals surface area contributed by atoms with Gasteiger partial charge in [0.25, 0.3) is 5.91 Å². The highest BCUT2D eigenvalue weighted by molar-refractivity contribution is 5.99. The predicted molar refractivity (Wildman–Crippen MR) is 82.0 cm³/mol. The van der Waals surface area contributed by atoms with Crippen LogP contribution in [-0.4, -0.2) is 24.0 Å². The highest BCUT2D eigenvalue weighted by Crippen LogP contribution is 2.36. The summed E-state index contributed by atoms with van der Waals surface area (Å²) in [5.74, 6) is 1.36. The molecule has 1 aliphatic rings. The Morgan fingerprint density at radius 2 is 2.25 bits per heavy atom. The van der Waals surface area contributed by atoms with Crippen LogP contribution >= 0.6 is 0 Å². The predicted octanol–water partition coefficient (Wildman–Crippen LogP) is 2.99. The van der Waals surface area contributed by atoms with Gasteiger partial charge >= 0.3 is 0 Å². The second-order valence-corrected chi connectivity index (χ2v) is 5.82. The molecule has 0 aromatic carbocycles. The van der Waals surface area contributed by atoms with Gasteiger partial charge in [0.15, 0.2) is 0 Å². The summed E-state index contributed by atoms with van der Waals surface area (Å²) < 4.78 is 0. The van der Waals surface area contributed by atoms with Crippen molar-refractivity contribution in [2.75, 3.05) is 18.4 Å². The number of hydrogen-bond donors (Lipinski definition) is 2. The lowest BCUT2D eigenvalue weighted by Gasteiger charge is -2.14. The van der Waals surface area contributed by atoms with Crippen LogP contribution in [-0.2, 0) is 0 Å². The van der Waals surface area contributed by atoms with Gasteiger partial charge in [-0.05, 0) is 44.1 Å². The van der Waals surface area contributed by atoms with Gasteiger partial charge in [-0.15, -0.1) is 0 Å². The molecular formula is C16H25N3O. The zero-order valence-electron chi connectivity index (χ0n) is 12.7. The van der Waals surface area contributed by atoms with Gasteiger partial charge in [0.2, 0.25) is 0 Å². The summed E-state index contributed by atoms with van der Waals surface area (Å²) in [6.45, 7) is 7.88. The van der Waals surface area contributed by atoms with E-state index in [1.165, 1.54) is 12.8 Å². The molecule has 0 spiro atoms. The number of carbonyl (C=O) groups excluding carboxylic acids is 1. The molecule has 1 aliphatic carbocycles. The van der Waals surface area contributed by atoms with E-state index in [0.717, 1.165) is 36.8 Å². The highest BCUT2D eigenvalue weighted by Gasteiger charge is 2.28. The van der Waals surface area contributed by atoms with E-state index in [1.54, 1.807) is 6.20 Å². The molecule has 0 bridgehead atoms. The molecule has 1 fully saturated rings. The number of amides is 1. The van der Waals surface area contributed by atoms with E-state index < -0.39 is 0 Å². The molecule has 110 valence electrons. The zero-order valence-corrected chi connectivity index (χ0v) is 12.7. The highest BCUT2D eigenvalue weighted by atomic mass is 16.1. The molecule has 0 radical (unpaired) electrons. The Morgan fingerprint density at radius 1 is 1.50 bits per heavy atom. The number of aryl methyl sites for hydroxylation is 1. The summed E-state index contributed by atoms with van der Waals surface area (Å²) in [6.07, 6.45) is 5.32. The summed E-state index contributed by atoms with van der Waals surface area (Å²) in [6, 6.07) is 1.94. The Morgan fingerprint density at radius 3 is 2.90 bits per heavy atom. The van der Waals surface area contributed by atoms with Crippen LogP contribution in [0.5, 0.6) is 0 Å². The molecule has 4 nitrogen and oxygen atoms in total. The molecule has 2 N–H and O–H groups in total. The molecule has 1 amide bonds. The lowest BCUT2D eigenvalue weighted by molar-refractivity contribution is 0.0947. The van der Waals surface area contributed by atoms with Gasteiger partial charge in [0.1, 0.15) is 0 Å². The second-order valence-electron chi connectivity index (χ2n) is 5.82. The number of nitrogens with one attached hydrogen (secondary N) is 2. The van der Waals surface area contributed by atoms with Crippen molar-refractivity contribution >= 4 is 11.6 Å². The summed E-state index contributed by atoms with van der Waals surface area (Å²) in [5, 5.41) is 6.34. The van der Waals surface area contributed by atoms with Crippen LogP contribution in [0.1, 0.15) is 49.2 Å². The Bertz CT molecular complexity index is 469. The smallest absolute Gasteiger partial charge is 0.254 e. The molecule has 0 saturated heterocycles. The van der Waals surface area contributed by atoms with Crippen LogP contribution in [0.4, 0.5) is 5.69 Å². The minimum absolute atomic E-state index is 0.0244. The average molecular weight is 275 g/mol. The van der Waals surface area contributed by atoms with Crippen LogP contribution in [0.3, 0.4) is 0 Å². The summed E-state index contributed by atoms with van der Waals surface area (Å²) in [4.78, 5) is 16.5. The fourth-order valence-electron chi connectivity index (χ4n) is 2.33. The Kier molecular flexibility index (Phi) is 4.99. The van der Waals surface area contributed by atoms with Gasteiger partial charge in [0, 0.05) is 25.0 Å². The lowest BCUT2D eigenvalue weighted by atomic mass is 10.1. The van der Waals surface area contributed by atoms with Crippen molar-refractivity contribution in [2.24, 2.45) is 11.8 Å². The molecule has 2 rings (SSSR count). The first-order chi connectivity index (χ1) is 9.61. The number of anilines is 1. The van der Waals surface area contributed by atoms with Crippen molar-refractivity contribution in [1.82, 2.24) is 10.3 Å². The van der Waals surface area contributed by atoms with Gasteiger partial charge < -0.3 is 10.6 Å². The maximum Gasteiger partial charge on any atom is 0.254 e. The monoisotopic (exact) mass is 275 g/mol. The molecule has 1 saturated carbocycles. The Labute approximate surface area is 121 Å². The van der Waals surface area contributed by atoms with Crippen molar-refractivity contribution in [3.8, 4) is 0 Å². The summed E-state index contributed by atoms with van der Waals surface area (Å²) in [5.41, 5.74) is 2.45. The van der Waals surface area contributed by atoms with E-state index in [0.29, 0.717) is 11.5 Å². The number of hydrogen-bond acceptors (Lipinski definition) is 3. The number of nitrogens with zero attached hydrogens (tertiary/aromatic N) is 1. The third-order valence-corrected chi connectivity index (χ3v) is 3.86. The topological polar surface area (TPSA) is 54.0 Å². The van der Waals surface area contributed by atoms with Crippen LogP contribution < -0.4 is 10.6 Å². The number of aromatic nitrogens is 1.